The third-order valence-corrected chi connectivity index (χ3v) is 13.0. The number of alkyl halides is 6. The van der Waals surface area contributed by atoms with Gasteiger partial charge in [-0.2, -0.15) is 26.3 Å². The van der Waals surface area contributed by atoms with Gasteiger partial charge in [-0.1, -0.05) is 115 Å². The van der Waals surface area contributed by atoms with Gasteiger partial charge in [0.15, 0.2) is 0 Å². The summed E-state index contributed by atoms with van der Waals surface area (Å²) in [5.74, 6) is -0.472. The standard InChI is InChI=1S/C46H28F6N2S2/c1-26-27-15-12-24-40-42(27)54(36-20-8-11-23-39(36)56-40)44-31(29-14-3-5-17-33(29)46(50,51)52)25-30(28-13-2-4-16-32(28)45(47,48)49)43(41(26)44)53-34-18-6-9-21-37(34)55-38-22-10-7-19-35(38)53/h2-26H,1H3. The van der Waals surface area contributed by atoms with Crippen molar-refractivity contribution in [3.05, 3.63) is 168 Å². The van der Waals surface area contributed by atoms with Crippen molar-refractivity contribution in [1.82, 2.24) is 0 Å². The zero-order valence-electron chi connectivity index (χ0n) is 29.4. The van der Waals surface area contributed by atoms with Crippen LogP contribution in [0.2, 0.25) is 0 Å². The average Bonchev–Trinajstić information content (AvgIpc) is 3.20. The fourth-order valence-corrected chi connectivity index (χ4v) is 10.6. The Labute approximate surface area is 327 Å². The first-order chi connectivity index (χ1) is 27.0. The van der Waals surface area contributed by atoms with Gasteiger partial charge < -0.3 is 9.80 Å². The zero-order chi connectivity index (χ0) is 38.5. The van der Waals surface area contributed by atoms with Crippen molar-refractivity contribution in [2.75, 3.05) is 9.80 Å². The molecular formula is C46H28F6N2S2. The van der Waals surface area contributed by atoms with Crippen molar-refractivity contribution >= 4 is 57.6 Å². The summed E-state index contributed by atoms with van der Waals surface area (Å²) in [7, 11) is 0. The first kappa shape index (κ1) is 34.9. The summed E-state index contributed by atoms with van der Waals surface area (Å²) in [6, 6.07) is 41.6. The number of halogens is 6. The summed E-state index contributed by atoms with van der Waals surface area (Å²) in [5.41, 5.74) is 4.02. The van der Waals surface area contributed by atoms with E-state index >= 15 is 26.3 Å². The maximum Gasteiger partial charge on any atom is 0.417 e. The molecule has 3 heterocycles. The molecule has 276 valence electrons. The molecule has 1 unspecified atom stereocenters. The van der Waals surface area contributed by atoms with E-state index in [0.717, 1.165) is 60.0 Å². The molecule has 7 aromatic rings. The van der Waals surface area contributed by atoms with Gasteiger partial charge in [0.2, 0.25) is 0 Å². The van der Waals surface area contributed by atoms with Crippen LogP contribution in [-0.2, 0) is 12.4 Å². The van der Waals surface area contributed by atoms with Crippen molar-refractivity contribution in [2.45, 2.75) is 44.8 Å². The largest absolute Gasteiger partial charge is 0.417 e. The van der Waals surface area contributed by atoms with Gasteiger partial charge in [0, 0.05) is 42.2 Å². The molecule has 10 rings (SSSR count). The predicted octanol–water partition coefficient (Wildman–Crippen LogP) is 15.4. The summed E-state index contributed by atoms with van der Waals surface area (Å²) in [6.45, 7) is 2.01. The third kappa shape index (κ3) is 5.29. The fourth-order valence-electron chi connectivity index (χ4n) is 8.43. The second-order valence-corrected chi connectivity index (χ2v) is 16.0. The molecule has 7 aromatic carbocycles. The Bertz CT molecular complexity index is 2690. The summed E-state index contributed by atoms with van der Waals surface area (Å²) in [4.78, 5) is 7.71. The molecule has 0 N–H and O–H groups in total. The van der Waals surface area contributed by atoms with Crippen molar-refractivity contribution < 1.29 is 26.3 Å². The molecule has 0 fully saturated rings. The van der Waals surface area contributed by atoms with Gasteiger partial charge in [-0.3, -0.25) is 0 Å². The minimum atomic E-state index is -4.77. The SMILES string of the molecule is CC1c2cccc3c2N(c2ccccc2S3)c2c(-c3ccccc3C(F)(F)F)cc(-c3ccccc3C(F)(F)F)c(N3c4ccccc4Sc4ccccc43)c21. The van der Waals surface area contributed by atoms with Crippen LogP contribution in [-0.4, -0.2) is 0 Å². The lowest BCUT2D eigenvalue weighted by molar-refractivity contribution is -0.137. The maximum atomic E-state index is 15.2. The molecule has 0 saturated heterocycles. The van der Waals surface area contributed by atoms with E-state index in [-0.39, 0.29) is 22.3 Å². The summed E-state index contributed by atoms with van der Waals surface area (Å²) >= 11 is 3.16. The van der Waals surface area contributed by atoms with E-state index < -0.39 is 29.4 Å². The Morgan fingerprint density at radius 2 is 0.839 bits per heavy atom. The maximum absolute atomic E-state index is 15.2. The highest BCUT2D eigenvalue weighted by molar-refractivity contribution is 8.00. The number of benzene rings is 7. The number of para-hydroxylation sites is 4. The molecule has 0 saturated carbocycles. The number of hydrogen-bond donors (Lipinski definition) is 0. The van der Waals surface area contributed by atoms with E-state index in [1.165, 1.54) is 24.3 Å². The van der Waals surface area contributed by atoms with E-state index in [0.29, 0.717) is 16.9 Å². The molecule has 0 aromatic heterocycles. The Morgan fingerprint density at radius 3 is 1.36 bits per heavy atom. The van der Waals surface area contributed by atoms with Gasteiger partial charge in [-0.05, 0) is 77.4 Å². The molecule has 3 aliphatic rings. The van der Waals surface area contributed by atoms with Crippen LogP contribution in [0.3, 0.4) is 0 Å². The minimum absolute atomic E-state index is 0.118. The smallest absolute Gasteiger partial charge is 0.307 e. The number of rotatable bonds is 3. The van der Waals surface area contributed by atoms with E-state index in [4.69, 9.17) is 0 Å². The molecule has 2 nitrogen and oxygen atoms in total. The van der Waals surface area contributed by atoms with E-state index in [1.54, 1.807) is 41.7 Å². The lowest BCUT2D eigenvalue weighted by Gasteiger charge is -2.45. The van der Waals surface area contributed by atoms with Crippen LogP contribution >= 0.6 is 23.5 Å². The van der Waals surface area contributed by atoms with Crippen molar-refractivity contribution in [3.63, 3.8) is 0 Å². The molecule has 0 bridgehead atoms. The Balaban J connectivity index is 1.45. The fraction of sp³-hybridized carbons (Fsp3) is 0.0870. The average molecular weight is 787 g/mol. The van der Waals surface area contributed by atoms with Crippen LogP contribution in [0.25, 0.3) is 22.3 Å². The molecule has 1 atom stereocenters. The van der Waals surface area contributed by atoms with Crippen LogP contribution in [0.5, 0.6) is 0 Å². The highest BCUT2D eigenvalue weighted by Crippen LogP contribution is 2.65. The highest BCUT2D eigenvalue weighted by Gasteiger charge is 2.44. The molecule has 0 spiro atoms. The van der Waals surface area contributed by atoms with E-state index in [9.17, 15) is 0 Å². The number of nitrogens with zero attached hydrogens (tertiary/aromatic N) is 2. The first-order valence-electron chi connectivity index (χ1n) is 17.9. The lowest BCUT2D eigenvalue weighted by atomic mass is 9.78. The predicted molar refractivity (Wildman–Crippen MR) is 212 cm³/mol. The van der Waals surface area contributed by atoms with Gasteiger partial charge >= 0.3 is 12.4 Å². The monoisotopic (exact) mass is 786 g/mol. The van der Waals surface area contributed by atoms with Crippen LogP contribution in [0, 0.1) is 0 Å². The van der Waals surface area contributed by atoms with Gasteiger partial charge in [-0.15, -0.1) is 0 Å². The summed E-state index contributed by atoms with van der Waals surface area (Å²) < 4.78 is 91.0. The van der Waals surface area contributed by atoms with Crippen LogP contribution < -0.4 is 9.80 Å². The highest BCUT2D eigenvalue weighted by atomic mass is 32.2. The van der Waals surface area contributed by atoms with E-state index in [1.807, 2.05) is 108 Å². The van der Waals surface area contributed by atoms with Gasteiger partial charge in [-0.25, -0.2) is 0 Å². The Hall–Kier alpha value is -5.58. The zero-order valence-corrected chi connectivity index (χ0v) is 31.0. The summed E-state index contributed by atoms with van der Waals surface area (Å²) in [5, 5.41) is 0. The third-order valence-electron chi connectivity index (χ3n) is 10.7. The molecule has 56 heavy (non-hydrogen) atoms. The van der Waals surface area contributed by atoms with Crippen LogP contribution in [0.4, 0.5) is 60.5 Å². The first-order valence-corrected chi connectivity index (χ1v) is 19.5. The molecule has 0 radical (unpaired) electrons. The Kier molecular flexibility index (Phi) is 7.93. The quantitative estimate of drug-likeness (QED) is 0.165. The van der Waals surface area contributed by atoms with Crippen LogP contribution in [0.15, 0.2) is 165 Å². The van der Waals surface area contributed by atoms with Crippen molar-refractivity contribution in [2.24, 2.45) is 0 Å². The molecular weight excluding hydrogens is 759 g/mol. The van der Waals surface area contributed by atoms with Crippen LogP contribution in [0.1, 0.15) is 35.1 Å². The van der Waals surface area contributed by atoms with Gasteiger partial charge in [0.25, 0.3) is 0 Å². The van der Waals surface area contributed by atoms with Gasteiger partial charge in [0.1, 0.15) is 0 Å². The second-order valence-electron chi connectivity index (χ2n) is 13.9. The second kappa shape index (κ2) is 12.7. The van der Waals surface area contributed by atoms with E-state index in [2.05, 4.69) is 0 Å². The van der Waals surface area contributed by atoms with Crippen molar-refractivity contribution in [3.8, 4) is 22.3 Å². The molecule has 3 aliphatic heterocycles. The number of fused-ring (bicyclic) bond motifs is 6. The lowest BCUT2D eigenvalue weighted by Crippen LogP contribution is -2.27. The normalized spacial score (nSPS) is 15.4. The minimum Gasteiger partial charge on any atom is -0.307 e. The molecule has 0 aliphatic carbocycles. The topological polar surface area (TPSA) is 6.48 Å². The molecule has 10 heteroatoms. The number of hydrogen-bond acceptors (Lipinski definition) is 4. The molecule has 0 amide bonds. The Morgan fingerprint density at radius 1 is 0.429 bits per heavy atom. The number of anilines is 6. The summed E-state index contributed by atoms with van der Waals surface area (Å²) in [6.07, 6.45) is -9.52. The van der Waals surface area contributed by atoms with Crippen molar-refractivity contribution in [1.29, 1.82) is 0 Å². The van der Waals surface area contributed by atoms with Gasteiger partial charge in [0.05, 0.1) is 45.3 Å².